The number of benzene rings is 1. The minimum Gasteiger partial charge on any atom is -0.493 e. The summed E-state index contributed by atoms with van der Waals surface area (Å²) in [5.74, 6) is 1.06. The Bertz CT molecular complexity index is 745. The van der Waals surface area contributed by atoms with Crippen LogP contribution in [0.1, 0.15) is 16.1 Å². The Hall–Kier alpha value is -2.35. The molecule has 8 heteroatoms. The number of Topliss-reactive ketones (excluding diaryl/α,β-unsaturated/α-hetero) is 1. The summed E-state index contributed by atoms with van der Waals surface area (Å²) in [5, 5.41) is 7.85. The van der Waals surface area contributed by atoms with Gasteiger partial charge in [0.2, 0.25) is 0 Å². The Morgan fingerprint density at radius 3 is 2.59 bits per heavy atom. The van der Waals surface area contributed by atoms with Crippen molar-refractivity contribution in [3.63, 3.8) is 0 Å². The second kappa shape index (κ2) is 7.08. The maximum atomic E-state index is 12.2. The number of hydrogen-bond acceptors (Lipinski definition) is 7. The number of rotatable bonds is 6. The van der Waals surface area contributed by atoms with E-state index in [2.05, 4.69) is 15.2 Å². The van der Waals surface area contributed by atoms with E-state index in [1.54, 1.807) is 25.1 Å². The third-order valence-electron chi connectivity index (χ3n) is 2.89. The van der Waals surface area contributed by atoms with Gasteiger partial charge in [-0.05, 0) is 25.1 Å². The van der Waals surface area contributed by atoms with Gasteiger partial charge >= 0.3 is 0 Å². The molecule has 1 aromatic carbocycles. The van der Waals surface area contributed by atoms with E-state index in [-0.39, 0.29) is 22.8 Å². The SMILES string of the molecule is COc1ccc(C(=O)CSc2nnc(C)c(=O)[nH]2)cc1OC. The van der Waals surface area contributed by atoms with Crippen LogP contribution < -0.4 is 15.0 Å². The van der Waals surface area contributed by atoms with Gasteiger partial charge in [-0.25, -0.2) is 0 Å². The zero-order valence-electron chi connectivity index (χ0n) is 12.4. The van der Waals surface area contributed by atoms with Gasteiger partial charge in [-0.3, -0.25) is 14.6 Å². The maximum absolute atomic E-state index is 12.2. The molecule has 0 fully saturated rings. The Kier molecular flexibility index (Phi) is 5.16. The number of H-pyrrole nitrogens is 1. The number of methoxy groups -OCH3 is 2. The fourth-order valence-electron chi connectivity index (χ4n) is 1.67. The van der Waals surface area contributed by atoms with E-state index in [4.69, 9.17) is 9.47 Å². The molecule has 2 rings (SSSR count). The first kappa shape index (κ1) is 16.0. The number of hydrogen-bond donors (Lipinski definition) is 1. The van der Waals surface area contributed by atoms with Crippen LogP contribution in [-0.2, 0) is 0 Å². The van der Waals surface area contributed by atoms with Gasteiger partial charge < -0.3 is 9.47 Å². The van der Waals surface area contributed by atoms with E-state index in [0.29, 0.717) is 22.2 Å². The first-order chi connectivity index (χ1) is 10.5. The fraction of sp³-hybridized carbons (Fsp3) is 0.286. The number of aromatic amines is 1. The highest BCUT2D eigenvalue weighted by Crippen LogP contribution is 2.28. The lowest BCUT2D eigenvalue weighted by Crippen LogP contribution is -2.15. The highest BCUT2D eigenvalue weighted by Gasteiger charge is 2.12. The lowest BCUT2D eigenvalue weighted by Gasteiger charge is -2.08. The lowest BCUT2D eigenvalue weighted by molar-refractivity contribution is 0.102. The molecule has 0 aliphatic rings. The van der Waals surface area contributed by atoms with Gasteiger partial charge in [0.25, 0.3) is 5.56 Å². The smallest absolute Gasteiger partial charge is 0.273 e. The summed E-state index contributed by atoms with van der Waals surface area (Å²) in [7, 11) is 3.04. The van der Waals surface area contributed by atoms with Crippen molar-refractivity contribution in [2.24, 2.45) is 0 Å². The highest BCUT2D eigenvalue weighted by molar-refractivity contribution is 7.99. The van der Waals surface area contributed by atoms with E-state index in [9.17, 15) is 9.59 Å². The zero-order valence-corrected chi connectivity index (χ0v) is 13.2. The predicted molar refractivity (Wildman–Crippen MR) is 82.0 cm³/mol. The quantitative estimate of drug-likeness (QED) is 0.636. The van der Waals surface area contributed by atoms with Crippen molar-refractivity contribution in [1.82, 2.24) is 15.2 Å². The maximum Gasteiger partial charge on any atom is 0.273 e. The van der Waals surface area contributed by atoms with E-state index in [1.165, 1.54) is 14.2 Å². The van der Waals surface area contributed by atoms with E-state index >= 15 is 0 Å². The van der Waals surface area contributed by atoms with Crippen molar-refractivity contribution >= 4 is 17.5 Å². The first-order valence-corrected chi connectivity index (χ1v) is 7.35. The highest BCUT2D eigenvalue weighted by atomic mass is 32.2. The summed E-state index contributed by atoms with van der Waals surface area (Å²) in [6.07, 6.45) is 0. The summed E-state index contributed by atoms with van der Waals surface area (Å²) in [6.45, 7) is 1.56. The van der Waals surface area contributed by atoms with Gasteiger partial charge in [-0.1, -0.05) is 11.8 Å². The summed E-state index contributed by atoms with van der Waals surface area (Å²) in [4.78, 5) is 26.2. The molecule has 0 unspecified atom stereocenters. The third-order valence-corrected chi connectivity index (χ3v) is 3.75. The van der Waals surface area contributed by atoms with Crippen LogP contribution in [0.4, 0.5) is 0 Å². The van der Waals surface area contributed by atoms with Crippen molar-refractivity contribution in [1.29, 1.82) is 0 Å². The fourth-order valence-corrected chi connectivity index (χ4v) is 2.37. The van der Waals surface area contributed by atoms with Crippen LogP contribution >= 0.6 is 11.8 Å². The molecular formula is C14H15N3O4S. The average molecular weight is 321 g/mol. The van der Waals surface area contributed by atoms with Gasteiger partial charge in [0, 0.05) is 5.56 Å². The largest absolute Gasteiger partial charge is 0.493 e. The second-order valence-corrected chi connectivity index (χ2v) is 5.29. The normalized spacial score (nSPS) is 10.3. The second-order valence-electron chi connectivity index (χ2n) is 4.33. The van der Waals surface area contributed by atoms with Crippen LogP contribution in [0.25, 0.3) is 0 Å². The lowest BCUT2D eigenvalue weighted by atomic mass is 10.1. The number of carbonyl (C=O) groups excluding carboxylic acids is 1. The summed E-state index contributed by atoms with van der Waals surface area (Å²) in [6, 6.07) is 4.95. The Morgan fingerprint density at radius 2 is 1.95 bits per heavy atom. The molecule has 0 radical (unpaired) electrons. The Morgan fingerprint density at radius 1 is 1.23 bits per heavy atom. The standard InChI is InChI=1S/C14H15N3O4S/c1-8-13(19)15-14(17-16-8)22-7-10(18)9-4-5-11(20-2)12(6-9)21-3/h4-6H,7H2,1-3H3,(H,15,17,19). The topological polar surface area (TPSA) is 94.2 Å². The van der Waals surface area contributed by atoms with E-state index in [0.717, 1.165) is 11.8 Å². The van der Waals surface area contributed by atoms with Crippen molar-refractivity contribution in [3.05, 3.63) is 39.8 Å². The molecule has 1 heterocycles. The number of aryl methyl sites for hydroxylation is 1. The summed E-state index contributed by atoms with van der Waals surface area (Å²) in [5.41, 5.74) is 0.471. The molecule has 0 atom stereocenters. The third kappa shape index (κ3) is 3.64. The van der Waals surface area contributed by atoms with Crippen LogP contribution in [-0.4, -0.2) is 40.9 Å². The van der Waals surface area contributed by atoms with E-state index in [1.807, 2.05) is 0 Å². The van der Waals surface area contributed by atoms with E-state index < -0.39 is 0 Å². The average Bonchev–Trinajstić information content (AvgIpc) is 2.54. The summed E-state index contributed by atoms with van der Waals surface area (Å²) < 4.78 is 10.3. The molecule has 22 heavy (non-hydrogen) atoms. The van der Waals surface area contributed by atoms with Crippen molar-refractivity contribution in [2.75, 3.05) is 20.0 Å². The minimum atomic E-state index is -0.309. The van der Waals surface area contributed by atoms with Crippen LogP contribution in [0.3, 0.4) is 0 Å². The summed E-state index contributed by atoms with van der Waals surface area (Å²) >= 11 is 1.12. The molecule has 2 aromatic rings. The van der Waals surface area contributed by atoms with Crippen LogP contribution in [0.2, 0.25) is 0 Å². The number of ketones is 1. The molecule has 7 nitrogen and oxygen atoms in total. The number of thioether (sulfide) groups is 1. The molecule has 0 amide bonds. The van der Waals surface area contributed by atoms with Gasteiger partial charge in [0.05, 0.1) is 20.0 Å². The molecule has 0 saturated carbocycles. The Labute approximate surface area is 131 Å². The molecule has 0 bridgehead atoms. The van der Waals surface area contributed by atoms with Crippen LogP contribution in [0.5, 0.6) is 11.5 Å². The molecular weight excluding hydrogens is 306 g/mol. The molecule has 0 spiro atoms. The van der Waals surface area contributed by atoms with Crippen LogP contribution in [0, 0.1) is 6.92 Å². The predicted octanol–water partition coefficient (Wildman–Crippen LogP) is 1.47. The van der Waals surface area contributed by atoms with Crippen LogP contribution in [0.15, 0.2) is 28.2 Å². The molecule has 116 valence electrons. The minimum absolute atomic E-state index is 0.117. The van der Waals surface area contributed by atoms with Crippen molar-refractivity contribution in [2.45, 2.75) is 12.1 Å². The molecule has 1 N–H and O–H groups in total. The molecule has 0 aliphatic heterocycles. The van der Waals surface area contributed by atoms with Gasteiger partial charge in [-0.2, -0.15) is 0 Å². The molecule has 0 aliphatic carbocycles. The van der Waals surface area contributed by atoms with Gasteiger partial charge in [0.1, 0.15) is 5.69 Å². The number of nitrogens with one attached hydrogen (secondary N) is 1. The first-order valence-electron chi connectivity index (χ1n) is 6.36. The Balaban J connectivity index is 2.09. The number of ether oxygens (including phenoxy) is 2. The van der Waals surface area contributed by atoms with Gasteiger partial charge in [0.15, 0.2) is 22.4 Å². The molecule has 0 saturated heterocycles. The molecule has 1 aromatic heterocycles. The number of nitrogens with zero attached hydrogens (tertiary/aromatic N) is 2. The number of carbonyl (C=O) groups is 1. The zero-order chi connectivity index (χ0) is 16.1. The van der Waals surface area contributed by atoms with Crippen molar-refractivity contribution < 1.29 is 14.3 Å². The van der Waals surface area contributed by atoms with Gasteiger partial charge in [-0.15, -0.1) is 10.2 Å². The van der Waals surface area contributed by atoms with Crippen molar-refractivity contribution in [3.8, 4) is 11.5 Å². The monoisotopic (exact) mass is 321 g/mol. The number of aromatic nitrogens is 3.